The molecule has 0 aliphatic rings. The van der Waals surface area contributed by atoms with Crippen molar-refractivity contribution in [3.63, 3.8) is 0 Å². The highest BCUT2D eigenvalue weighted by Crippen LogP contribution is 2.10. The topological polar surface area (TPSA) is 598 Å². The molecule has 0 saturated carbocycles. The number of hydrogen-bond donors (Lipinski definition) is 10. The maximum Gasteiger partial charge on any atom is 0.322 e. The summed E-state index contributed by atoms with van der Waals surface area (Å²) in [5, 5.41) is 50.6. The van der Waals surface area contributed by atoms with E-state index >= 15 is 0 Å². The first-order chi connectivity index (χ1) is 44.9. The molecule has 94 heavy (non-hydrogen) atoms. The van der Waals surface area contributed by atoms with E-state index in [-0.39, 0.29) is 88.3 Å². The molecule has 0 heterocycles. The van der Waals surface area contributed by atoms with E-state index in [9.17, 15) is 74.5 Å². The van der Waals surface area contributed by atoms with Crippen LogP contribution in [0.15, 0.2) is 0 Å². The zero-order valence-corrected chi connectivity index (χ0v) is 57.1. The first kappa shape index (κ1) is 96.8. The van der Waals surface area contributed by atoms with Crippen molar-refractivity contribution in [2.24, 2.45) is 45.9 Å². The first-order valence-corrected chi connectivity index (χ1v) is 34.7. The van der Waals surface area contributed by atoms with Crippen molar-refractivity contribution in [2.75, 3.05) is 110 Å². The van der Waals surface area contributed by atoms with Crippen LogP contribution in [0.1, 0.15) is 180 Å². The molecule has 0 aliphatic carbocycles. The summed E-state index contributed by atoms with van der Waals surface area (Å²) in [7, 11) is 0. The van der Waals surface area contributed by atoms with E-state index < -0.39 is 49.5 Å². The Morgan fingerprint density at radius 2 is 0.681 bits per heavy atom. The van der Waals surface area contributed by atoms with Crippen LogP contribution in [-0.4, -0.2) is 195 Å². The van der Waals surface area contributed by atoms with Gasteiger partial charge in [-0.05, 0) is 153 Å². The standard InChI is InChI=1S/C12H26N4O4.C12H24N2O4S.C11H23N3O5.C10H22N4O5.C10H20N2O4S/c13-8-4-3-7-11(14)12(17)15-9-5-1-2-6-10-20-16(18)19;1-19-10-8-11(13)12(15)7-5-3-2-4-6-9-18-14(16)17;12-7-3-2-6-10(13)11(15)18-8-4-1-5-9-19-14(16)17;11-4-2-1-3-9(12)10(15)13-5-6-18-7-8-19-14(16)17;1-17-8-6-9(11)10(13)5-3-2-4-7-16-12(14)15/h11H,1-10,13-14H2,(H,15,17);11H,2-10,13H2,1H3;10H,1-9,12-13H2;9H,1-8,11-12H2,(H,13,15);9H,2-8,11H2,1H3. The smallest absolute Gasteiger partial charge is 0.322 e. The minimum atomic E-state index is -0.883. The summed E-state index contributed by atoms with van der Waals surface area (Å²) < 4.78 is 10.0. The van der Waals surface area contributed by atoms with Gasteiger partial charge in [0.25, 0.3) is 25.4 Å². The van der Waals surface area contributed by atoms with Gasteiger partial charge in [-0.1, -0.05) is 57.8 Å². The predicted octanol–water partition coefficient (Wildman–Crippen LogP) is 3.07. The second kappa shape index (κ2) is 74.5. The molecule has 0 bridgehead atoms. The number of ether oxygens (including phenoxy) is 2. The van der Waals surface area contributed by atoms with Crippen LogP contribution >= 0.6 is 23.5 Å². The molecular formula is C55H115N15O22S2. The summed E-state index contributed by atoms with van der Waals surface area (Å²) in [5.74, 6) is 1.27. The zero-order valence-electron chi connectivity index (χ0n) is 55.4. The Balaban J connectivity index is -0.000000351. The third-order valence-electron chi connectivity index (χ3n) is 12.8. The lowest BCUT2D eigenvalue weighted by molar-refractivity contribution is -0.758. The zero-order chi connectivity index (χ0) is 71.8. The van der Waals surface area contributed by atoms with E-state index in [1.54, 1.807) is 23.5 Å². The molecular weight excluding hydrogens is 1290 g/mol. The van der Waals surface area contributed by atoms with Crippen molar-refractivity contribution in [1.29, 1.82) is 0 Å². The molecule has 0 radical (unpaired) electrons. The van der Waals surface area contributed by atoms with Crippen LogP contribution in [0, 0.1) is 50.6 Å². The van der Waals surface area contributed by atoms with Gasteiger partial charge in [0.1, 0.15) is 24.2 Å². The van der Waals surface area contributed by atoms with E-state index in [1.807, 2.05) is 12.5 Å². The number of esters is 1. The lowest BCUT2D eigenvalue weighted by Gasteiger charge is -2.12. The summed E-state index contributed by atoms with van der Waals surface area (Å²) >= 11 is 3.37. The van der Waals surface area contributed by atoms with Crippen molar-refractivity contribution < 1.29 is 83.1 Å². The van der Waals surface area contributed by atoms with Crippen molar-refractivity contribution in [2.45, 2.75) is 210 Å². The minimum Gasteiger partial charge on any atom is -0.465 e. The Bertz CT molecular complexity index is 1860. The minimum absolute atomic E-state index is 0.0690. The molecule has 0 aliphatic heterocycles. The summed E-state index contributed by atoms with van der Waals surface area (Å²) in [4.78, 5) is 128. The van der Waals surface area contributed by atoms with Crippen LogP contribution in [0.3, 0.4) is 0 Å². The number of amides is 2. The van der Waals surface area contributed by atoms with Gasteiger partial charge in [-0.15, -0.1) is 50.6 Å². The van der Waals surface area contributed by atoms with Gasteiger partial charge >= 0.3 is 5.97 Å². The Morgan fingerprint density at radius 3 is 1.06 bits per heavy atom. The van der Waals surface area contributed by atoms with Gasteiger partial charge in [0, 0.05) is 25.9 Å². The van der Waals surface area contributed by atoms with Crippen molar-refractivity contribution in [3.05, 3.63) is 50.6 Å². The van der Waals surface area contributed by atoms with Gasteiger partial charge in [0.05, 0.1) is 70.4 Å². The normalized spacial score (nSPS) is 12.0. The van der Waals surface area contributed by atoms with Crippen LogP contribution in [0.4, 0.5) is 0 Å². The SMILES string of the molecule is CSCCC(N)C(=O)CCCCCCCO[N+](=O)[O-].CSCCC(N)C(=O)CCCCCO[N+](=O)[O-].NCCCCC(N)C(=O)NCCCCCCO[N+](=O)[O-].NCCCCC(N)C(=O)NCCOCCO[N+](=O)[O-].NCCCCC(N)C(=O)OCCCCCO[N+](=O)[O-]. The fourth-order valence-electron chi connectivity index (χ4n) is 7.39. The molecule has 5 unspecified atom stereocenters. The van der Waals surface area contributed by atoms with Crippen LogP contribution in [0.25, 0.3) is 0 Å². The maximum absolute atomic E-state index is 11.6. The maximum atomic E-state index is 11.6. The van der Waals surface area contributed by atoms with E-state index in [2.05, 4.69) is 34.8 Å². The second-order valence-corrected chi connectivity index (χ2v) is 22.8. The van der Waals surface area contributed by atoms with Gasteiger partial charge < -0.3 is 90.2 Å². The van der Waals surface area contributed by atoms with Gasteiger partial charge in [-0.25, -0.2) is 0 Å². The Labute approximate surface area is 560 Å². The third-order valence-corrected chi connectivity index (χ3v) is 14.1. The molecule has 0 saturated heterocycles. The number of nitrogens with one attached hydrogen (secondary N) is 2. The average molecular weight is 1400 g/mol. The largest absolute Gasteiger partial charge is 0.465 e. The van der Waals surface area contributed by atoms with E-state index in [4.69, 9.17) is 55.3 Å². The second-order valence-electron chi connectivity index (χ2n) is 20.8. The molecule has 18 N–H and O–H groups in total. The number of rotatable bonds is 61. The third kappa shape index (κ3) is 80.3. The van der Waals surface area contributed by atoms with Gasteiger partial charge in [0.15, 0.2) is 0 Å². The molecule has 0 rings (SSSR count). The number of Topliss-reactive ketones (excluding diaryl/α,β-unsaturated/α-hetero) is 2. The van der Waals surface area contributed by atoms with Gasteiger partial charge in [-0.2, -0.15) is 23.5 Å². The van der Waals surface area contributed by atoms with E-state index in [1.165, 1.54) is 0 Å². The summed E-state index contributed by atoms with van der Waals surface area (Å²) in [6.07, 6.45) is 24.8. The molecule has 554 valence electrons. The number of carbonyl (C=O) groups is 5. The number of nitrogens with two attached hydrogens (primary N) is 8. The summed E-state index contributed by atoms with van der Waals surface area (Å²) in [5.41, 5.74) is 44.6. The highest BCUT2D eigenvalue weighted by Gasteiger charge is 2.17. The van der Waals surface area contributed by atoms with E-state index in [0.29, 0.717) is 116 Å². The van der Waals surface area contributed by atoms with Crippen molar-refractivity contribution in [1.82, 2.24) is 10.6 Å². The highest BCUT2D eigenvalue weighted by molar-refractivity contribution is 7.98. The number of ketones is 2. The Hall–Kier alpha value is -5.91. The fraction of sp³-hybridized carbons (Fsp3) is 0.909. The van der Waals surface area contributed by atoms with Crippen LogP contribution < -0.4 is 56.5 Å². The Kier molecular flexibility index (Phi) is 76.7. The lowest BCUT2D eigenvalue weighted by Crippen LogP contribution is -2.41. The summed E-state index contributed by atoms with van der Waals surface area (Å²) in [6, 6.07) is -2.28. The molecule has 0 aromatic carbocycles. The van der Waals surface area contributed by atoms with Gasteiger partial charge in [-0.3, -0.25) is 24.0 Å². The molecule has 0 aromatic heterocycles. The van der Waals surface area contributed by atoms with Crippen LogP contribution in [0.2, 0.25) is 0 Å². The lowest BCUT2D eigenvalue weighted by atomic mass is 10.0. The molecule has 0 spiro atoms. The van der Waals surface area contributed by atoms with Crippen molar-refractivity contribution in [3.8, 4) is 0 Å². The fourth-order valence-corrected chi connectivity index (χ4v) is 8.37. The number of unbranched alkanes of at least 4 members (excludes halogenated alkanes) is 14. The molecule has 0 aromatic rings. The molecule has 39 heteroatoms. The Morgan fingerprint density at radius 1 is 0.362 bits per heavy atom. The highest BCUT2D eigenvalue weighted by atomic mass is 32.2. The number of carbonyl (C=O) groups excluding carboxylic acids is 5. The first-order valence-electron chi connectivity index (χ1n) is 32.0. The van der Waals surface area contributed by atoms with E-state index in [0.717, 1.165) is 108 Å². The molecule has 0 fully saturated rings. The average Bonchev–Trinajstić information content (AvgIpc) is 3.71. The monoisotopic (exact) mass is 1400 g/mol. The number of thioether (sulfide) groups is 2. The predicted molar refractivity (Wildman–Crippen MR) is 356 cm³/mol. The molecule has 37 nitrogen and oxygen atoms in total. The molecule has 5 atom stereocenters. The number of nitrogens with zero attached hydrogens (tertiary/aromatic N) is 5. The van der Waals surface area contributed by atoms with Crippen LogP contribution in [-0.2, 0) is 57.6 Å². The summed E-state index contributed by atoms with van der Waals surface area (Å²) in [6.45, 7) is 3.65. The van der Waals surface area contributed by atoms with Crippen molar-refractivity contribution >= 4 is 52.9 Å². The van der Waals surface area contributed by atoms with Gasteiger partial charge in [0.2, 0.25) is 11.8 Å². The van der Waals surface area contributed by atoms with Crippen LogP contribution in [0.5, 0.6) is 0 Å². The quantitative estimate of drug-likeness (QED) is 0.0181. The number of hydrogen-bond acceptors (Lipinski definition) is 32. The molecule has 2 amide bonds.